The highest BCUT2D eigenvalue weighted by molar-refractivity contribution is 5.77. The van der Waals surface area contributed by atoms with Crippen LogP contribution in [0.3, 0.4) is 0 Å². The largest absolute Gasteiger partial charge is 0.335 e. The fraction of sp³-hybridized carbons (Fsp3) is 0.318. The maximum absolute atomic E-state index is 13.4. The third-order valence-electron chi connectivity index (χ3n) is 5.02. The molecule has 3 aromatic rings. The van der Waals surface area contributed by atoms with Gasteiger partial charge in [0.1, 0.15) is 11.6 Å². The van der Waals surface area contributed by atoms with Crippen molar-refractivity contribution < 1.29 is 9.18 Å². The quantitative estimate of drug-likeness (QED) is 0.682. The number of carbonyl (C=O) groups is 1. The number of carbonyl (C=O) groups excluding carboxylic acids is 1. The smallest absolute Gasteiger partial charge is 0.258 e. The van der Waals surface area contributed by atoms with E-state index in [2.05, 4.69) is 9.97 Å². The van der Waals surface area contributed by atoms with Gasteiger partial charge in [0.2, 0.25) is 5.91 Å². The van der Waals surface area contributed by atoms with Crippen molar-refractivity contribution in [3.05, 3.63) is 76.1 Å². The number of benzene rings is 2. The molecule has 1 saturated carbocycles. The first-order valence-corrected chi connectivity index (χ1v) is 9.62. The summed E-state index contributed by atoms with van der Waals surface area (Å²) in [6, 6.07) is 13.9. The molecule has 1 fully saturated rings. The van der Waals surface area contributed by atoms with Crippen molar-refractivity contribution in [2.45, 2.75) is 44.7 Å². The maximum Gasteiger partial charge on any atom is 0.258 e. The second kappa shape index (κ2) is 7.92. The van der Waals surface area contributed by atoms with Crippen molar-refractivity contribution in [1.29, 1.82) is 0 Å². The van der Waals surface area contributed by atoms with Gasteiger partial charge in [0, 0.05) is 25.4 Å². The predicted molar refractivity (Wildman–Crippen MR) is 105 cm³/mol. The Morgan fingerprint density at radius 3 is 2.79 bits per heavy atom. The summed E-state index contributed by atoms with van der Waals surface area (Å²) in [4.78, 5) is 34.0. The minimum atomic E-state index is -0.285. The van der Waals surface area contributed by atoms with Gasteiger partial charge in [-0.25, -0.2) is 9.37 Å². The van der Waals surface area contributed by atoms with E-state index < -0.39 is 0 Å². The molecular formula is C22H22FN3O2. The molecule has 6 heteroatoms. The van der Waals surface area contributed by atoms with Crippen LogP contribution in [0.5, 0.6) is 0 Å². The number of aryl methyl sites for hydroxylation is 1. The van der Waals surface area contributed by atoms with Crippen molar-refractivity contribution in [3.8, 4) is 0 Å². The number of hydrogen-bond donors (Lipinski definition) is 1. The Morgan fingerprint density at radius 1 is 1.18 bits per heavy atom. The molecule has 1 N–H and O–H groups in total. The Balaban J connectivity index is 1.38. The molecule has 1 amide bonds. The minimum Gasteiger partial charge on any atom is -0.335 e. The number of fused-ring (bicyclic) bond motifs is 1. The van der Waals surface area contributed by atoms with Gasteiger partial charge in [-0.1, -0.05) is 24.3 Å². The normalized spacial score (nSPS) is 13.6. The summed E-state index contributed by atoms with van der Waals surface area (Å²) in [5, 5.41) is 0.567. The summed E-state index contributed by atoms with van der Waals surface area (Å²) in [6.45, 7) is 0.437. The van der Waals surface area contributed by atoms with Gasteiger partial charge in [0.25, 0.3) is 5.56 Å². The summed E-state index contributed by atoms with van der Waals surface area (Å²) in [6.07, 6.45) is 3.51. The van der Waals surface area contributed by atoms with E-state index in [0.29, 0.717) is 42.5 Å². The number of nitrogens with zero attached hydrogens (tertiary/aromatic N) is 2. The standard InChI is InChI=1S/C22H22FN3O2/c23-16-6-3-5-15(13-16)14-26(17-11-12-17)21(27)10-4-9-20-24-19-8-2-1-7-18(19)22(28)25-20/h1-3,5-8,13,17H,4,9-12,14H2,(H,24,25,28). The zero-order valence-electron chi connectivity index (χ0n) is 15.5. The summed E-state index contributed by atoms with van der Waals surface area (Å²) < 4.78 is 13.4. The molecule has 0 atom stereocenters. The molecule has 0 spiro atoms. The molecule has 28 heavy (non-hydrogen) atoms. The summed E-state index contributed by atoms with van der Waals surface area (Å²) in [7, 11) is 0. The van der Waals surface area contributed by atoms with Gasteiger partial charge < -0.3 is 9.88 Å². The van der Waals surface area contributed by atoms with Crippen LogP contribution in [0, 0.1) is 5.82 Å². The van der Waals surface area contributed by atoms with Crippen LogP contribution < -0.4 is 5.56 Å². The van der Waals surface area contributed by atoms with Crippen molar-refractivity contribution in [2.24, 2.45) is 0 Å². The van der Waals surface area contributed by atoms with Gasteiger partial charge in [0.15, 0.2) is 0 Å². The number of nitrogens with one attached hydrogen (secondary N) is 1. The molecule has 1 aliphatic carbocycles. The molecule has 1 aromatic heterocycles. The monoisotopic (exact) mass is 379 g/mol. The van der Waals surface area contributed by atoms with Gasteiger partial charge in [-0.15, -0.1) is 0 Å². The highest BCUT2D eigenvalue weighted by Gasteiger charge is 2.32. The highest BCUT2D eigenvalue weighted by atomic mass is 19.1. The first kappa shape index (κ1) is 18.3. The third-order valence-corrected chi connectivity index (χ3v) is 5.02. The molecule has 0 saturated heterocycles. The van der Waals surface area contributed by atoms with Crippen LogP contribution in [0.15, 0.2) is 53.3 Å². The number of aromatic amines is 1. The van der Waals surface area contributed by atoms with Gasteiger partial charge in [-0.3, -0.25) is 9.59 Å². The van der Waals surface area contributed by atoms with Crippen LogP contribution in [-0.4, -0.2) is 26.8 Å². The average Bonchev–Trinajstić information content (AvgIpc) is 3.51. The van der Waals surface area contributed by atoms with E-state index in [-0.39, 0.29) is 23.3 Å². The number of H-pyrrole nitrogens is 1. The molecule has 1 heterocycles. The summed E-state index contributed by atoms with van der Waals surface area (Å²) in [5.41, 5.74) is 1.32. The Bertz CT molecular complexity index is 1060. The SMILES string of the molecule is O=C(CCCc1nc2ccccc2c(=O)[nH]1)N(Cc1cccc(F)c1)C1CC1. The first-order chi connectivity index (χ1) is 13.6. The van der Waals surface area contributed by atoms with Gasteiger partial charge in [-0.05, 0) is 49.1 Å². The number of aromatic nitrogens is 2. The maximum atomic E-state index is 13.4. The number of hydrogen-bond acceptors (Lipinski definition) is 3. The van der Waals surface area contributed by atoms with E-state index in [4.69, 9.17) is 0 Å². The topological polar surface area (TPSA) is 66.1 Å². The molecule has 2 aromatic carbocycles. The molecule has 4 rings (SSSR count). The Labute approximate surface area is 162 Å². The lowest BCUT2D eigenvalue weighted by atomic mass is 10.1. The van der Waals surface area contributed by atoms with E-state index >= 15 is 0 Å². The molecule has 0 bridgehead atoms. The molecule has 144 valence electrons. The lowest BCUT2D eigenvalue weighted by Gasteiger charge is -2.22. The third kappa shape index (κ3) is 4.27. The lowest BCUT2D eigenvalue weighted by molar-refractivity contribution is -0.132. The zero-order valence-corrected chi connectivity index (χ0v) is 15.5. The van der Waals surface area contributed by atoms with Crippen LogP contribution in [-0.2, 0) is 17.8 Å². The number of halogens is 1. The van der Waals surface area contributed by atoms with Crippen molar-refractivity contribution >= 4 is 16.8 Å². The number of para-hydroxylation sites is 1. The van der Waals surface area contributed by atoms with E-state index in [1.807, 2.05) is 29.2 Å². The fourth-order valence-corrected chi connectivity index (χ4v) is 3.44. The molecule has 1 aliphatic rings. The van der Waals surface area contributed by atoms with Crippen LogP contribution in [0.25, 0.3) is 10.9 Å². The van der Waals surface area contributed by atoms with Crippen LogP contribution >= 0.6 is 0 Å². The lowest BCUT2D eigenvalue weighted by Crippen LogP contribution is -2.32. The molecule has 5 nitrogen and oxygen atoms in total. The average molecular weight is 379 g/mol. The summed E-state index contributed by atoms with van der Waals surface area (Å²) >= 11 is 0. The van der Waals surface area contributed by atoms with Crippen molar-refractivity contribution in [3.63, 3.8) is 0 Å². The van der Waals surface area contributed by atoms with Crippen molar-refractivity contribution in [1.82, 2.24) is 14.9 Å². The van der Waals surface area contributed by atoms with Gasteiger partial charge >= 0.3 is 0 Å². The van der Waals surface area contributed by atoms with Crippen molar-refractivity contribution in [2.75, 3.05) is 0 Å². The van der Waals surface area contributed by atoms with Gasteiger partial charge in [0.05, 0.1) is 10.9 Å². The Hall–Kier alpha value is -3.02. The first-order valence-electron chi connectivity index (χ1n) is 9.62. The predicted octanol–water partition coefficient (Wildman–Crippen LogP) is 3.58. The second-order valence-corrected chi connectivity index (χ2v) is 7.27. The van der Waals surface area contributed by atoms with Crippen LogP contribution in [0.1, 0.15) is 37.1 Å². The van der Waals surface area contributed by atoms with Gasteiger partial charge in [-0.2, -0.15) is 0 Å². The Morgan fingerprint density at radius 2 is 2.00 bits per heavy atom. The number of amides is 1. The second-order valence-electron chi connectivity index (χ2n) is 7.27. The van der Waals surface area contributed by atoms with E-state index in [9.17, 15) is 14.0 Å². The number of rotatable bonds is 7. The van der Waals surface area contributed by atoms with E-state index in [1.54, 1.807) is 12.1 Å². The van der Waals surface area contributed by atoms with Crippen LogP contribution in [0.2, 0.25) is 0 Å². The minimum absolute atomic E-state index is 0.0647. The highest BCUT2D eigenvalue weighted by Crippen LogP contribution is 2.29. The van der Waals surface area contributed by atoms with E-state index in [1.165, 1.54) is 12.1 Å². The molecule has 0 unspecified atom stereocenters. The van der Waals surface area contributed by atoms with Crippen LogP contribution in [0.4, 0.5) is 4.39 Å². The zero-order chi connectivity index (χ0) is 19.5. The molecule has 0 radical (unpaired) electrons. The molecule has 0 aliphatic heterocycles. The molecular weight excluding hydrogens is 357 g/mol. The van der Waals surface area contributed by atoms with E-state index in [0.717, 1.165) is 18.4 Å². The fourth-order valence-electron chi connectivity index (χ4n) is 3.44. The summed E-state index contributed by atoms with van der Waals surface area (Å²) in [5.74, 6) is 0.376. The Kier molecular flexibility index (Phi) is 5.19.